The summed E-state index contributed by atoms with van der Waals surface area (Å²) in [4.78, 5) is 4.11. The second-order valence-electron chi connectivity index (χ2n) is 5.52. The standard InChI is InChI=1S/C15H22N2S/c16-12-10-13-6-7-14(11-12)17(13)8-9-18-15-4-2-1-3-5-15/h1-5,12-14H,6-11,16H2. The molecular weight excluding hydrogens is 240 g/mol. The maximum atomic E-state index is 6.11. The Morgan fingerprint density at radius 2 is 1.78 bits per heavy atom. The Balaban J connectivity index is 1.49. The van der Waals surface area contributed by atoms with Gasteiger partial charge in [-0.1, -0.05) is 18.2 Å². The number of fused-ring (bicyclic) bond motifs is 2. The lowest BCUT2D eigenvalue weighted by atomic mass is 9.98. The number of nitrogens with two attached hydrogens (primary N) is 1. The molecule has 2 atom stereocenters. The topological polar surface area (TPSA) is 29.3 Å². The fraction of sp³-hybridized carbons (Fsp3) is 0.600. The van der Waals surface area contributed by atoms with Gasteiger partial charge in [-0.05, 0) is 37.8 Å². The lowest BCUT2D eigenvalue weighted by Crippen LogP contribution is -2.48. The van der Waals surface area contributed by atoms with E-state index in [0.717, 1.165) is 12.1 Å². The SMILES string of the molecule is NC1CC2CCC(C1)N2CCSc1ccccc1. The third-order valence-corrected chi connectivity index (χ3v) is 5.27. The maximum Gasteiger partial charge on any atom is 0.0114 e. The average Bonchev–Trinajstić information content (AvgIpc) is 2.63. The van der Waals surface area contributed by atoms with E-state index in [2.05, 4.69) is 35.2 Å². The molecule has 1 aromatic rings. The van der Waals surface area contributed by atoms with Gasteiger partial charge in [0, 0.05) is 35.3 Å². The molecule has 2 nitrogen and oxygen atoms in total. The summed E-state index contributed by atoms with van der Waals surface area (Å²) in [5.41, 5.74) is 6.11. The highest BCUT2D eigenvalue weighted by Gasteiger charge is 2.38. The van der Waals surface area contributed by atoms with Crippen molar-refractivity contribution in [2.24, 2.45) is 5.73 Å². The van der Waals surface area contributed by atoms with E-state index in [0.29, 0.717) is 6.04 Å². The Bertz CT molecular complexity index is 367. The third kappa shape index (κ3) is 2.73. The fourth-order valence-corrected chi connectivity index (χ4v) is 4.35. The molecule has 3 rings (SSSR count). The Morgan fingerprint density at radius 3 is 2.44 bits per heavy atom. The molecule has 2 unspecified atom stereocenters. The van der Waals surface area contributed by atoms with E-state index in [1.54, 1.807) is 0 Å². The Morgan fingerprint density at radius 1 is 1.11 bits per heavy atom. The lowest BCUT2D eigenvalue weighted by Gasteiger charge is -2.37. The van der Waals surface area contributed by atoms with Gasteiger partial charge in [-0.3, -0.25) is 4.90 Å². The van der Waals surface area contributed by atoms with Crippen LogP contribution in [-0.4, -0.2) is 35.3 Å². The van der Waals surface area contributed by atoms with Crippen LogP contribution in [0.1, 0.15) is 25.7 Å². The van der Waals surface area contributed by atoms with Crippen molar-refractivity contribution in [1.82, 2.24) is 4.90 Å². The predicted octanol–water partition coefficient (Wildman–Crippen LogP) is 2.73. The van der Waals surface area contributed by atoms with Gasteiger partial charge in [0.1, 0.15) is 0 Å². The van der Waals surface area contributed by atoms with Crippen molar-refractivity contribution >= 4 is 11.8 Å². The molecule has 2 saturated heterocycles. The van der Waals surface area contributed by atoms with E-state index in [4.69, 9.17) is 5.73 Å². The van der Waals surface area contributed by atoms with Crippen LogP contribution in [-0.2, 0) is 0 Å². The molecule has 2 aliphatic heterocycles. The molecular formula is C15H22N2S. The molecule has 2 bridgehead atoms. The number of nitrogens with zero attached hydrogens (tertiary/aromatic N) is 1. The minimum absolute atomic E-state index is 0.459. The van der Waals surface area contributed by atoms with E-state index < -0.39 is 0 Å². The quantitative estimate of drug-likeness (QED) is 0.846. The second kappa shape index (κ2) is 5.64. The van der Waals surface area contributed by atoms with Crippen molar-refractivity contribution in [3.05, 3.63) is 30.3 Å². The van der Waals surface area contributed by atoms with Crippen molar-refractivity contribution in [1.29, 1.82) is 0 Å². The minimum Gasteiger partial charge on any atom is -0.328 e. The van der Waals surface area contributed by atoms with Crippen LogP contribution < -0.4 is 5.73 Å². The van der Waals surface area contributed by atoms with Crippen molar-refractivity contribution in [2.75, 3.05) is 12.3 Å². The highest BCUT2D eigenvalue weighted by Crippen LogP contribution is 2.35. The predicted molar refractivity (Wildman–Crippen MR) is 77.9 cm³/mol. The number of thioether (sulfide) groups is 1. The van der Waals surface area contributed by atoms with Crippen molar-refractivity contribution in [2.45, 2.75) is 48.7 Å². The van der Waals surface area contributed by atoms with Gasteiger partial charge in [0.25, 0.3) is 0 Å². The molecule has 2 fully saturated rings. The molecule has 0 spiro atoms. The molecule has 98 valence electrons. The van der Waals surface area contributed by atoms with Gasteiger partial charge in [-0.2, -0.15) is 0 Å². The molecule has 18 heavy (non-hydrogen) atoms. The van der Waals surface area contributed by atoms with Gasteiger partial charge in [0.15, 0.2) is 0 Å². The lowest BCUT2D eigenvalue weighted by molar-refractivity contribution is 0.137. The molecule has 0 saturated carbocycles. The molecule has 2 N–H and O–H groups in total. The van der Waals surface area contributed by atoms with Gasteiger partial charge in [-0.25, -0.2) is 0 Å². The van der Waals surface area contributed by atoms with Crippen molar-refractivity contribution < 1.29 is 0 Å². The zero-order chi connectivity index (χ0) is 12.4. The number of hydrogen-bond acceptors (Lipinski definition) is 3. The van der Waals surface area contributed by atoms with Crippen LogP contribution in [0.2, 0.25) is 0 Å². The largest absolute Gasteiger partial charge is 0.328 e. The zero-order valence-electron chi connectivity index (χ0n) is 10.8. The molecule has 3 heteroatoms. The number of hydrogen-bond donors (Lipinski definition) is 1. The highest BCUT2D eigenvalue weighted by molar-refractivity contribution is 7.99. The second-order valence-corrected chi connectivity index (χ2v) is 6.68. The monoisotopic (exact) mass is 262 g/mol. The first-order valence-electron chi connectivity index (χ1n) is 7.02. The Hall–Kier alpha value is -0.510. The summed E-state index contributed by atoms with van der Waals surface area (Å²) in [6.07, 6.45) is 5.17. The summed E-state index contributed by atoms with van der Waals surface area (Å²) in [7, 11) is 0. The first-order chi connectivity index (χ1) is 8.83. The van der Waals surface area contributed by atoms with Crippen LogP contribution in [0.15, 0.2) is 35.2 Å². The first kappa shape index (κ1) is 12.5. The summed E-state index contributed by atoms with van der Waals surface area (Å²) < 4.78 is 0. The molecule has 2 heterocycles. The van der Waals surface area contributed by atoms with Crippen molar-refractivity contribution in [3.8, 4) is 0 Å². The van der Waals surface area contributed by atoms with Gasteiger partial charge in [0.2, 0.25) is 0 Å². The Labute approximate surface area is 114 Å². The molecule has 0 radical (unpaired) electrons. The van der Waals surface area contributed by atoms with E-state index in [1.807, 2.05) is 11.8 Å². The van der Waals surface area contributed by atoms with E-state index >= 15 is 0 Å². The van der Waals surface area contributed by atoms with Gasteiger partial charge < -0.3 is 5.73 Å². The van der Waals surface area contributed by atoms with Crippen molar-refractivity contribution in [3.63, 3.8) is 0 Å². The van der Waals surface area contributed by atoms with Crippen LogP contribution in [0, 0.1) is 0 Å². The summed E-state index contributed by atoms with van der Waals surface area (Å²) in [5, 5.41) is 0. The normalized spacial score (nSPS) is 31.7. The third-order valence-electron chi connectivity index (χ3n) is 4.28. The minimum atomic E-state index is 0.459. The zero-order valence-corrected chi connectivity index (χ0v) is 11.6. The molecule has 0 amide bonds. The summed E-state index contributed by atoms with van der Waals surface area (Å²) in [5.74, 6) is 1.20. The molecule has 1 aromatic carbocycles. The van der Waals surface area contributed by atoms with Crippen LogP contribution in [0.4, 0.5) is 0 Å². The van der Waals surface area contributed by atoms with Gasteiger partial charge >= 0.3 is 0 Å². The van der Waals surface area contributed by atoms with Crippen LogP contribution >= 0.6 is 11.8 Å². The number of rotatable bonds is 4. The summed E-state index contributed by atoms with van der Waals surface area (Å²) in [6, 6.07) is 12.7. The number of piperidine rings is 1. The molecule has 0 aliphatic carbocycles. The fourth-order valence-electron chi connectivity index (χ4n) is 3.47. The summed E-state index contributed by atoms with van der Waals surface area (Å²) in [6.45, 7) is 1.22. The smallest absolute Gasteiger partial charge is 0.0114 e. The Kier molecular flexibility index (Phi) is 3.92. The van der Waals surface area contributed by atoms with Crippen LogP contribution in [0.25, 0.3) is 0 Å². The van der Waals surface area contributed by atoms with E-state index in [9.17, 15) is 0 Å². The van der Waals surface area contributed by atoms with Gasteiger partial charge in [0.05, 0.1) is 0 Å². The number of benzene rings is 1. The van der Waals surface area contributed by atoms with E-state index in [-0.39, 0.29) is 0 Å². The first-order valence-corrected chi connectivity index (χ1v) is 8.00. The van der Waals surface area contributed by atoms with E-state index in [1.165, 1.54) is 42.9 Å². The van der Waals surface area contributed by atoms with Gasteiger partial charge in [-0.15, -0.1) is 11.8 Å². The molecule has 0 aromatic heterocycles. The summed E-state index contributed by atoms with van der Waals surface area (Å²) >= 11 is 1.97. The van der Waals surface area contributed by atoms with Crippen LogP contribution in [0.3, 0.4) is 0 Å². The average molecular weight is 262 g/mol. The maximum absolute atomic E-state index is 6.11. The van der Waals surface area contributed by atoms with Crippen LogP contribution in [0.5, 0.6) is 0 Å². The highest BCUT2D eigenvalue weighted by atomic mass is 32.2. The molecule has 2 aliphatic rings.